The SMILES string of the molecule is Cc1cccc(NC(=O)N2CCSC2c2cccs2)c1. The number of hydrogen-bond acceptors (Lipinski definition) is 3. The number of thioether (sulfide) groups is 1. The lowest BCUT2D eigenvalue weighted by Crippen LogP contribution is -2.34. The summed E-state index contributed by atoms with van der Waals surface area (Å²) in [7, 11) is 0. The average molecular weight is 304 g/mol. The van der Waals surface area contributed by atoms with Gasteiger partial charge in [-0.1, -0.05) is 18.2 Å². The summed E-state index contributed by atoms with van der Waals surface area (Å²) in [6, 6.07) is 12.0. The van der Waals surface area contributed by atoms with E-state index in [9.17, 15) is 4.79 Å². The second-order valence-corrected chi connectivity index (χ2v) is 6.90. The normalized spacial score (nSPS) is 18.2. The minimum Gasteiger partial charge on any atom is -0.308 e. The molecule has 1 N–H and O–H groups in total. The number of urea groups is 1. The van der Waals surface area contributed by atoms with Crippen LogP contribution in [0, 0.1) is 6.92 Å². The highest BCUT2D eigenvalue weighted by atomic mass is 32.2. The molecule has 2 amide bonds. The van der Waals surface area contributed by atoms with E-state index < -0.39 is 0 Å². The molecule has 1 aliphatic rings. The Labute approximate surface area is 127 Å². The molecule has 5 heteroatoms. The number of nitrogens with one attached hydrogen (secondary N) is 1. The lowest BCUT2D eigenvalue weighted by atomic mass is 10.2. The Kier molecular flexibility index (Phi) is 3.98. The van der Waals surface area contributed by atoms with Crippen molar-refractivity contribution in [1.29, 1.82) is 0 Å². The van der Waals surface area contributed by atoms with Crippen molar-refractivity contribution in [1.82, 2.24) is 4.90 Å². The highest BCUT2D eigenvalue weighted by Crippen LogP contribution is 2.40. The molecule has 1 aliphatic heterocycles. The average Bonchev–Trinajstić information content (AvgIpc) is 3.09. The van der Waals surface area contributed by atoms with Gasteiger partial charge >= 0.3 is 6.03 Å². The fourth-order valence-corrected chi connectivity index (χ4v) is 4.50. The molecule has 1 saturated heterocycles. The lowest BCUT2D eigenvalue weighted by Gasteiger charge is -2.23. The highest BCUT2D eigenvalue weighted by molar-refractivity contribution is 7.99. The van der Waals surface area contributed by atoms with Crippen molar-refractivity contribution >= 4 is 34.8 Å². The number of anilines is 1. The molecule has 0 spiro atoms. The van der Waals surface area contributed by atoms with Gasteiger partial charge in [0.25, 0.3) is 0 Å². The van der Waals surface area contributed by atoms with Gasteiger partial charge in [-0.15, -0.1) is 23.1 Å². The Morgan fingerprint density at radius 1 is 1.35 bits per heavy atom. The summed E-state index contributed by atoms with van der Waals surface area (Å²) in [5.74, 6) is 0.990. The van der Waals surface area contributed by atoms with Gasteiger partial charge in [0.2, 0.25) is 0 Å². The molecule has 0 bridgehead atoms. The molecule has 3 rings (SSSR count). The fraction of sp³-hybridized carbons (Fsp3) is 0.267. The van der Waals surface area contributed by atoms with Gasteiger partial charge in [-0.05, 0) is 36.1 Å². The van der Waals surface area contributed by atoms with Gasteiger partial charge in [0.05, 0.1) is 0 Å². The zero-order valence-electron chi connectivity index (χ0n) is 11.2. The molecular weight excluding hydrogens is 288 g/mol. The van der Waals surface area contributed by atoms with Gasteiger partial charge in [0, 0.05) is 22.9 Å². The van der Waals surface area contributed by atoms with Crippen molar-refractivity contribution in [3.8, 4) is 0 Å². The topological polar surface area (TPSA) is 32.3 Å². The van der Waals surface area contributed by atoms with Crippen molar-refractivity contribution in [3.63, 3.8) is 0 Å². The van der Waals surface area contributed by atoms with Crippen LogP contribution in [0.15, 0.2) is 41.8 Å². The van der Waals surface area contributed by atoms with E-state index in [4.69, 9.17) is 0 Å². The van der Waals surface area contributed by atoms with E-state index in [1.807, 2.05) is 53.9 Å². The molecule has 1 unspecified atom stereocenters. The van der Waals surface area contributed by atoms with Gasteiger partial charge < -0.3 is 10.2 Å². The number of aryl methyl sites for hydroxylation is 1. The van der Waals surface area contributed by atoms with Gasteiger partial charge in [0.15, 0.2) is 0 Å². The van der Waals surface area contributed by atoms with Gasteiger partial charge in [-0.2, -0.15) is 0 Å². The number of benzene rings is 1. The Morgan fingerprint density at radius 3 is 3.00 bits per heavy atom. The lowest BCUT2D eigenvalue weighted by molar-refractivity contribution is 0.215. The van der Waals surface area contributed by atoms with Crippen LogP contribution in [0.3, 0.4) is 0 Å². The van der Waals surface area contributed by atoms with Gasteiger partial charge in [-0.25, -0.2) is 4.79 Å². The standard InChI is InChI=1S/C15H16N2OS2/c1-11-4-2-5-12(10-11)16-15(18)17-7-9-20-14(17)13-6-3-8-19-13/h2-6,8,10,14H,7,9H2,1H3,(H,16,18). The molecule has 3 nitrogen and oxygen atoms in total. The minimum absolute atomic E-state index is 0.0148. The first-order valence-electron chi connectivity index (χ1n) is 6.53. The molecule has 0 radical (unpaired) electrons. The van der Waals surface area contributed by atoms with Crippen molar-refractivity contribution in [2.24, 2.45) is 0 Å². The zero-order valence-corrected chi connectivity index (χ0v) is 12.8. The molecule has 104 valence electrons. The maximum absolute atomic E-state index is 12.4. The van der Waals surface area contributed by atoms with Crippen molar-refractivity contribution < 1.29 is 4.79 Å². The molecule has 2 aromatic rings. The number of nitrogens with zero attached hydrogens (tertiary/aromatic N) is 1. The van der Waals surface area contributed by atoms with Crippen molar-refractivity contribution in [2.75, 3.05) is 17.6 Å². The van der Waals surface area contributed by atoms with E-state index in [-0.39, 0.29) is 11.4 Å². The van der Waals surface area contributed by atoms with Crippen LogP contribution in [0.2, 0.25) is 0 Å². The molecule has 1 fully saturated rings. The summed E-state index contributed by atoms with van der Waals surface area (Å²) in [4.78, 5) is 15.6. The summed E-state index contributed by atoms with van der Waals surface area (Å²) in [6.45, 7) is 2.82. The molecule has 20 heavy (non-hydrogen) atoms. The summed E-state index contributed by atoms with van der Waals surface area (Å²) < 4.78 is 0. The third-order valence-electron chi connectivity index (χ3n) is 3.21. The monoisotopic (exact) mass is 304 g/mol. The Hall–Kier alpha value is -1.46. The number of rotatable bonds is 2. The summed E-state index contributed by atoms with van der Waals surface area (Å²) in [5, 5.41) is 5.21. The van der Waals surface area contributed by atoms with E-state index in [2.05, 4.69) is 16.8 Å². The van der Waals surface area contributed by atoms with Crippen LogP contribution in [0.4, 0.5) is 10.5 Å². The first-order valence-corrected chi connectivity index (χ1v) is 8.46. The zero-order chi connectivity index (χ0) is 13.9. The van der Waals surface area contributed by atoms with E-state index in [1.165, 1.54) is 4.88 Å². The van der Waals surface area contributed by atoms with Crippen LogP contribution in [0.5, 0.6) is 0 Å². The second kappa shape index (κ2) is 5.89. The van der Waals surface area contributed by atoms with E-state index in [1.54, 1.807) is 11.3 Å². The molecule has 0 saturated carbocycles. The number of hydrogen-bond donors (Lipinski definition) is 1. The molecule has 2 heterocycles. The maximum Gasteiger partial charge on any atom is 0.323 e. The largest absolute Gasteiger partial charge is 0.323 e. The van der Waals surface area contributed by atoms with E-state index in [0.29, 0.717) is 0 Å². The molecule has 1 atom stereocenters. The third-order valence-corrected chi connectivity index (χ3v) is 5.52. The first kappa shape index (κ1) is 13.5. The third kappa shape index (κ3) is 2.83. The molecule has 1 aromatic heterocycles. The first-order chi connectivity index (χ1) is 9.74. The maximum atomic E-state index is 12.4. The Bertz CT molecular complexity index is 598. The molecule has 1 aromatic carbocycles. The quantitative estimate of drug-likeness (QED) is 0.895. The van der Waals surface area contributed by atoms with Gasteiger partial charge in [-0.3, -0.25) is 0 Å². The van der Waals surface area contributed by atoms with Crippen LogP contribution in [-0.4, -0.2) is 23.2 Å². The predicted molar refractivity (Wildman–Crippen MR) is 86.4 cm³/mol. The summed E-state index contributed by atoms with van der Waals surface area (Å²) in [5.41, 5.74) is 2.00. The van der Waals surface area contributed by atoms with Crippen LogP contribution in [0.25, 0.3) is 0 Å². The van der Waals surface area contributed by atoms with Gasteiger partial charge in [0.1, 0.15) is 5.37 Å². The van der Waals surface area contributed by atoms with E-state index >= 15 is 0 Å². The van der Waals surface area contributed by atoms with Crippen molar-refractivity contribution in [2.45, 2.75) is 12.3 Å². The highest BCUT2D eigenvalue weighted by Gasteiger charge is 2.31. The predicted octanol–water partition coefficient (Wildman–Crippen LogP) is 4.34. The van der Waals surface area contributed by atoms with Crippen LogP contribution in [-0.2, 0) is 0 Å². The number of carbonyl (C=O) groups is 1. The van der Waals surface area contributed by atoms with Crippen LogP contribution < -0.4 is 5.32 Å². The number of thiophene rings is 1. The molecular formula is C15H16N2OS2. The van der Waals surface area contributed by atoms with Crippen LogP contribution >= 0.6 is 23.1 Å². The minimum atomic E-state index is -0.0148. The number of amides is 2. The second-order valence-electron chi connectivity index (χ2n) is 4.73. The summed E-state index contributed by atoms with van der Waals surface area (Å²) >= 11 is 3.53. The fourth-order valence-electron chi connectivity index (χ4n) is 2.26. The Morgan fingerprint density at radius 2 is 2.25 bits per heavy atom. The smallest absolute Gasteiger partial charge is 0.308 e. The number of carbonyl (C=O) groups excluding carboxylic acids is 1. The Balaban J connectivity index is 1.73. The summed E-state index contributed by atoms with van der Waals surface area (Å²) in [6.07, 6.45) is 0. The van der Waals surface area contributed by atoms with Crippen LogP contribution in [0.1, 0.15) is 15.8 Å². The van der Waals surface area contributed by atoms with Crippen molar-refractivity contribution in [3.05, 3.63) is 52.2 Å². The molecule has 0 aliphatic carbocycles. The van der Waals surface area contributed by atoms with E-state index in [0.717, 1.165) is 23.5 Å².